The number of hydrogen-bond acceptors (Lipinski definition) is 16. The van der Waals surface area contributed by atoms with Gasteiger partial charge in [0.15, 0.2) is 0 Å². The third kappa shape index (κ3) is 10.4. The van der Waals surface area contributed by atoms with Crippen LogP contribution in [0.4, 0.5) is 21.6 Å². The van der Waals surface area contributed by atoms with E-state index in [1.54, 1.807) is 25.4 Å². The molecule has 0 bridgehead atoms. The Hall–Kier alpha value is -6.78. The summed E-state index contributed by atoms with van der Waals surface area (Å²) >= 11 is 0.958. The number of sulfonamides is 1. The Kier molecular flexibility index (Phi) is 14.2. The molecule has 21 heteroatoms. The van der Waals surface area contributed by atoms with Crippen LogP contribution in [0.3, 0.4) is 0 Å². The molecule has 4 aromatic heterocycles. The molecule has 1 atom stereocenters. The second-order valence-electron chi connectivity index (χ2n) is 21.0. The first-order chi connectivity index (χ1) is 36.7. The summed E-state index contributed by atoms with van der Waals surface area (Å²) in [4.78, 5) is 49.5. The molecule has 0 radical (unpaired) electrons. The van der Waals surface area contributed by atoms with E-state index in [0.29, 0.717) is 29.2 Å². The maximum absolute atomic E-state index is 15.6. The van der Waals surface area contributed by atoms with Crippen molar-refractivity contribution in [3.8, 4) is 17.2 Å². The van der Waals surface area contributed by atoms with Crippen LogP contribution in [-0.4, -0.2) is 120 Å². The quantitative estimate of drug-likeness (QED) is 0.0608. The number of fused-ring (bicyclic) bond motifs is 2. The number of rotatable bonds is 16. The summed E-state index contributed by atoms with van der Waals surface area (Å²) < 4.78 is 63.4. The van der Waals surface area contributed by atoms with Crippen molar-refractivity contribution in [2.24, 2.45) is 5.41 Å². The smallest absolute Gasteiger partial charge is 0.295 e. The number of carbonyl (C=O) groups is 1. The van der Waals surface area contributed by atoms with Crippen molar-refractivity contribution in [1.29, 1.82) is 0 Å². The van der Waals surface area contributed by atoms with Crippen LogP contribution in [-0.2, 0) is 21.3 Å². The fourth-order valence-electron chi connectivity index (χ4n) is 11.7. The number of pyridine rings is 2. The largest absolute Gasteiger partial charge is 0.497 e. The summed E-state index contributed by atoms with van der Waals surface area (Å²) in [7, 11) is -3.14. The monoisotopic (exact) mass is 1070 g/mol. The minimum atomic E-state index is -4.83. The molecule has 3 saturated heterocycles. The SMILES string of the molecule is COc1ccc(CN2CCN(C3CC4(CCN(c5cc(Oc6cnc7[nH]ccc7c6)c(C(=O)NS(=O)(=O)c6cc([N+](=O)[O-])c(NCC7(F)CCOCC7)c7scnc67)cn5)CC4)C3)[C@H](c3ccccc3C(C)C)C2)cc1. The number of piperazine rings is 1. The number of ether oxygens (including phenoxy) is 3. The molecule has 1 amide bonds. The van der Waals surface area contributed by atoms with Gasteiger partial charge in [-0.1, -0.05) is 50.2 Å². The molecule has 7 aromatic rings. The molecule has 7 heterocycles. The van der Waals surface area contributed by atoms with E-state index in [-0.39, 0.29) is 71.3 Å². The number of nitro benzene ring substituents is 1. The summed E-state index contributed by atoms with van der Waals surface area (Å²) in [5.41, 5.74) is 3.57. The minimum Gasteiger partial charge on any atom is -0.497 e. The highest BCUT2D eigenvalue weighted by Crippen LogP contribution is 2.53. The van der Waals surface area contributed by atoms with Gasteiger partial charge in [-0.15, -0.1) is 11.3 Å². The molecule has 18 nitrogen and oxygen atoms in total. The number of hydrogen-bond donors (Lipinski definition) is 3. The predicted octanol–water partition coefficient (Wildman–Crippen LogP) is 9.76. The molecule has 3 aromatic carbocycles. The lowest BCUT2D eigenvalue weighted by Gasteiger charge is -2.58. The number of aromatic nitrogens is 4. The normalized spacial score (nSPS) is 19.2. The van der Waals surface area contributed by atoms with Crippen molar-refractivity contribution >= 4 is 65.7 Å². The zero-order valence-electron chi connectivity index (χ0n) is 42.7. The molecular weight excluding hydrogens is 1010 g/mol. The van der Waals surface area contributed by atoms with Gasteiger partial charge in [-0.2, -0.15) is 0 Å². The number of nitro groups is 1. The van der Waals surface area contributed by atoms with E-state index in [1.165, 1.54) is 34.6 Å². The van der Waals surface area contributed by atoms with E-state index in [1.807, 2.05) is 18.2 Å². The van der Waals surface area contributed by atoms with Crippen molar-refractivity contribution in [2.45, 2.75) is 87.5 Å². The number of carbonyl (C=O) groups excluding carboxylic acids is 1. The number of benzene rings is 3. The highest BCUT2D eigenvalue weighted by atomic mass is 32.2. The number of nitrogens with zero attached hydrogens (tertiary/aromatic N) is 7. The van der Waals surface area contributed by atoms with Crippen LogP contribution in [0.5, 0.6) is 17.2 Å². The highest BCUT2D eigenvalue weighted by molar-refractivity contribution is 7.90. The maximum Gasteiger partial charge on any atom is 0.295 e. The molecule has 3 N–H and O–H groups in total. The zero-order valence-corrected chi connectivity index (χ0v) is 44.3. The Balaban J connectivity index is 0.810. The average molecular weight is 1070 g/mol. The van der Waals surface area contributed by atoms with Gasteiger partial charge in [0.1, 0.15) is 56.0 Å². The Labute approximate surface area is 444 Å². The third-order valence-electron chi connectivity index (χ3n) is 15.9. The number of H-pyrrole nitrogens is 1. The maximum atomic E-state index is 15.6. The van der Waals surface area contributed by atoms with Gasteiger partial charge < -0.3 is 29.4 Å². The molecule has 76 heavy (non-hydrogen) atoms. The zero-order chi connectivity index (χ0) is 52.8. The fourth-order valence-corrected chi connectivity index (χ4v) is 13.7. The molecule has 4 fully saturated rings. The van der Waals surface area contributed by atoms with Crippen LogP contribution in [0.1, 0.15) is 91.4 Å². The number of thiazole rings is 1. The van der Waals surface area contributed by atoms with Crippen LogP contribution in [0.2, 0.25) is 0 Å². The van der Waals surface area contributed by atoms with Gasteiger partial charge >= 0.3 is 0 Å². The molecule has 398 valence electrons. The van der Waals surface area contributed by atoms with Gasteiger partial charge in [0, 0.05) is 114 Å². The van der Waals surface area contributed by atoms with Crippen LogP contribution < -0.4 is 24.4 Å². The van der Waals surface area contributed by atoms with Gasteiger partial charge in [-0.05, 0) is 78.0 Å². The van der Waals surface area contributed by atoms with E-state index < -0.39 is 37.1 Å². The molecule has 1 aliphatic carbocycles. The number of methoxy groups -OCH3 is 1. The first-order valence-corrected chi connectivity index (χ1v) is 28.2. The summed E-state index contributed by atoms with van der Waals surface area (Å²) in [5, 5.41) is 16.1. The van der Waals surface area contributed by atoms with Gasteiger partial charge in [0.25, 0.3) is 21.6 Å². The van der Waals surface area contributed by atoms with E-state index in [2.05, 4.69) is 89.9 Å². The summed E-state index contributed by atoms with van der Waals surface area (Å²) in [6.07, 6.45) is 8.85. The molecular formula is C55H61FN10O8S2. The van der Waals surface area contributed by atoms with Crippen molar-refractivity contribution in [1.82, 2.24) is 34.5 Å². The van der Waals surface area contributed by atoms with Crippen molar-refractivity contribution in [3.05, 3.63) is 129 Å². The Bertz CT molecular complexity index is 3390. The van der Waals surface area contributed by atoms with E-state index in [0.717, 1.165) is 93.5 Å². The lowest BCUT2D eigenvalue weighted by Crippen LogP contribution is -2.60. The summed E-state index contributed by atoms with van der Waals surface area (Å²) in [6.45, 7) is 9.95. The lowest BCUT2D eigenvalue weighted by atomic mass is 9.59. The molecule has 1 saturated carbocycles. The number of halogens is 1. The second-order valence-corrected chi connectivity index (χ2v) is 23.5. The minimum absolute atomic E-state index is 0.0369. The van der Waals surface area contributed by atoms with Crippen LogP contribution >= 0.6 is 11.3 Å². The first-order valence-electron chi connectivity index (χ1n) is 25.9. The van der Waals surface area contributed by atoms with Gasteiger partial charge in [-0.3, -0.25) is 24.7 Å². The number of amides is 1. The Morgan fingerprint density at radius 2 is 1.75 bits per heavy atom. The number of aromatic amines is 1. The van der Waals surface area contributed by atoms with E-state index >= 15 is 4.39 Å². The molecule has 0 unspecified atom stereocenters. The molecule has 3 aliphatic heterocycles. The van der Waals surface area contributed by atoms with E-state index in [9.17, 15) is 23.3 Å². The lowest BCUT2D eigenvalue weighted by molar-refractivity contribution is -0.384. The highest BCUT2D eigenvalue weighted by Gasteiger charge is 2.50. The second kappa shape index (κ2) is 21.0. The number of alkyl halides is 1. The van der Waals surface area contributed by atoms with Crippen molar-refractivity contribution < 1.29 is 36.7 Å². The third-order valence-corrected chi connectivity index (χ3v) is 18.1. The molecule has 4 aliphatic rings. The van der Waals surface area contributed by atoms with Gasteiger partial charge in [-0.25, -0.2) is 32.5 Å². The topological polar surface area (TPSA) is 210 Å². The van der Waals surface area contributed by atoms with Crippen LogP contribution in [0, 0.1) is 15.5 Å². The molecule has 1 spiro atoms. The molecule has 11 rings (SSSR count). The number of nitrogens with one attached hydrogen (secondary N) is 3. The van der Waals surface area contributed by atoms with Crippen LogP contribution in [0.25, 0.3) is 21.3 Å². The summed E-state index contributed by atoms with van der Waals surface area (Å²) in [6, 6.07) is 24.1. The number of piperidine rings is 1. The standard InChI is InChI=1S/C55H61FN10O8S2/c1-35(2)41-6-4-5-7-42(41)45-32-63(31-36-8-10-39(72-3)11-9-36)20-21-65(45)38-27-54(28-38)13-18-64(19-14-54)48-26-46(74-40-24-37-12-17-57-52(37)59-29-40)43(30-58-48)53(67)62-76(70,71)47-25-44(66(68)69)49(51-50(47)61-34-75-51)60-33-55(56)15-22-73-23-16-55/h4-12,17,24-26,29-30,34-35,38,45,60H,13-16,18-23,27-28,31-33H2,1-3H3,(H,57,59)(H,62,67)/t45-/m0/s1. The van der Waals surface area contributed by atoms with Gasteiger partial charge in [0.05, 0.1) is 28.4 Å². The van der Waals surface area contributed by atoms with Crippen molar-refractivity contribution in [2.75, 3.05) is 69.8 Å². The number of anilines is 2. The van der Waals surface area contributed by atoms with E-state index in [4.69, 9.17) is 19.2 Å². The van der Waals surface area contributed by atoms with Crippen LogP contribution in [0.15, 0.2) is 102 Å². The first kappa shape index (κ1) is 51.3. The Morgan fingerprint density at radius 1 is 0.974 bits per heavy atom. The predicted molar refractivity (Wildman–Crippen MR) is 289 cm³/mol. The average Bonchev–Trinajstić information content (AvgIpc) is 4.12. The van der Waals surface area contributed by atoms with Crippen molar-refractivity contribution in [3.63, 3.8) is 0 Å². The Morgan fingerprint density at radius 3 is 2.50 bits per heavy atom. The van der Waals surface area contributed by atoms with Gasteiger partial charge in [0.2, 0.25) is 0 Å². The fraction of sp³-hybridized carbons (Fsp3) is 0.418. The summed E-state index contributed by atoms with van der Waals surface area (Å²) in [5.74, 6) is 1.08.